The van der Waals surface area contributed by atoms with Crippen LogP contribution in [0.25, 0.3) is 11.0 Å². The van der Waals surface area contributed by atoms with Crippen molar-refractivity contribution >= 4 is 22.9 Å². The number of benzene rings is 2. The Hall–Kier alpha value is -3.41. The molecule has 3 amide bonds. The van der Waals surface area contributed by atoms with Crippen LogP contribution in [0.3, 0.4) is 0 Å². The van der Waals surface area contributed by atoms with Gasteiger partial charge in [-0.25, -0.2) is 9.59 Å². The number of nitrogens with one attached hydrogen (secondary N) is 1. The highest BCUT2D eigenvalue weighted by Gasteiger charge is 2.49. The molecule has 3 aromatic rings. The number of rotatable bonds is 4. The van der Waals surface area contributed by atoms with Gasteiger partial charge in [0.25, 0.3) is 5.91 Å². The first-order chi connectivity index (χ1) is 14.6. The number of fused-ring (bicyclic) bond motifs is 1. The molecule has 1 fully saturated rings. The monoisotopic (exact) mass is 418 g/mol. The summed E-state index contributed by atoms with van der Waals surface area (Å²) in [5, 5.41) is 3.55. The molecule has 160 valence electrons. The number of carbonyl (C=O) groups is 2. The standard InChI is InChI=1S/C25H26N2O4/c1-14(2)17-7-9-19(10-8-17)25(5)23(29)27(24(30)26-25)13-18-12-21(28)31-22-16(4)15(3)6-11-20(18)22/h6-12,14H,13H2,1-5H3,(H,26,30). The summed E-state index contributed by atoms with van der Waals surface area (Å²) in [5.74, 6) is 0.0254. The number of nitrogens with zero attached hydrogens (tertiary/aromatic N) is 1. The maximum atomic E-state index is 13.3. The molecular weight excluding hydrogens is 392 g/mol. The van der Waals surface area contributed by atoms with Gasteiger partial charge in [-0.05, 0) is 54.5 Å². The van der Waals surface area contributed by atoms with Gasteiger partial charge in [0.15, 0.2) is 0 Å². The smallest absolute Gasteiger partial charge is 0.336 e. The molecule has 1 aliphatic heterocycles. The summed E-state index contributed by atoms with van der Waals surface area (Å²) in [6, 6.07) is 12.4. The lowest BCUT2D eigenvalue weighted by atomic mass is 9.90. The third-order valence-corrected chi connectivity index (χ3v) is 6.28. The van der Waals surface area contributed by atoms with Crippen LogP contribution in [0.15, 0.2) is 51.7 Å². The van der Waals surface area contributed by atoms with E-state index >= 15 is 0 Å². The van der Waals surface area contributed by atoms with Gasteiger partial charge in [-0.3, -0.25) is 9.69 Å². The molecule has 4 rings (SSSR count). The minimum atomic E-state index is -1.16. The van der Waals surface area contributed by atoms with Gasteiger partial charge in [0.2, 0.25) is 0 Å². The SMILES string of the molecule is Cc1ccc2c(CN3C(=O)NC(C)(c4ccc(C(C)C)cc4)C3=O)cc(=O)oc2c1C. The highest BCUT2D eigenvalue weighted by Crippen LogP contribution is 2.32. The number of urea groups is 1. The number of aryl methyl sites for hydroxylation is 2. The van der Waals surface area contributed by atoms with Crippen LogP contribution in [0.2, 0.25) is 0 Å². The van der Waals surface area contributed by atoms with Crippen LogP contribution < -0.4 is 10.9 Å². The lowest BCUT2D eigenvalue weighted by Crippen LogP contribution is -2.40. The van der Waals surface area contributed by atoms with Gasteiger partial charge in [0.05, 0.1) is 6.54 Å². The van der Waals surface area contributed by atoms with Crippen LogP contribution >= 0.6 is 0 Å². The molecule has 1 unspecified atom stereocenters. The molecule has 0 saturated carbocycles. The van der Waals surface area contributed by atoms with Gasteiger partial charge in [0.1, 0.15) is 11.1 Å². The van der Waals surface area contributed by atoms with E-state index in [1.165, 1.54) is 11.0 Å². The van der Waals surface area contributed by atoms with Gasteiger partial charge in [-0.2, -0.15) is 0 Å². The van der Waals surface area contributed by atoms with Crippen molar-refractivity contribution in [3.8, 4) is 0 Å². The third-order valence-electron chi connectivity index (χ3n) is 6.28. The van der Waals surface area contributed by atoms with Crippen molar-refractivity contribution in [1.29, 1.82) is 0 Å². The number of amides is 3. The Kier molecular flexibility index (Phi) is 4.96. The van der Waals surface area contributed by atoms with E-state index in [1.807, 2.05) is 50.2 Å². The Balaban J connectivity index is 1.71. The van der Waals surface area contributed by atoms with E-state index in [2.05, 4.69) is 19.2 Å². The first-order valence-corrected chi connectivity index (χ1v) is 10.4. The van der Waals surface area contributed by atoms with E-state index in [4.69, 9.17) is 4.42 Å². The number of hydrogen-bond donors (Lipinski definition) is 1. The number of hydrogen-bond acceptors (Lipinski definition) is 4. The van der Waals surface area contributed by atoms with Crippen LogP contribution in [-0.4, -0.2) is 16.8 Å². The lowest BCUT2D eigenvalue weighted by molar-refractivity contribution is -0.131. The fourth-order valence-electron chi connectivity index (χ4n) is 4.06. The van der Waals surface area contributed by atoms with Crippen molar-refractivity contribution in [3.05, 3.63) is 80.7 Å². The normalized spacial score (nSPS) is 18.8. The summed E-state index contributed by atoms with van der Waals surface area (Å²) in [4.78, 5) is 39.5. The highest BCUT2D eigenvalue weighted by atomic mass is 16.4. The van der Waals surface area contributed by atoms with E-state index in [-0.39, 0.29) is 12.5 Å². The van der Waals surface area contributed by atoms with Crippen molar-refractivity contribution in [2.75, 3.05) is 0 Å². The average molecular weight is 418 g/mol. The lowest BCUT2D eigenvalue weighted by Gasteiger charge is -2.23. The summed E-state index contributed by atoms with van der Waals surface area (Å²) < 4.78 is 5.41. The van der Waals surface area contributed by atoms with Gasteiger partial charge >= 0.3 is 11.7 Å². The Morgan fingerprint density at radius 1 is 1.03 bits per heavy atom. The largest absolute Gasteiger partial charge is 0.422 e. The molecule has 0 bridgehead atoms. The summed E-state index contributed by atoms with van der Waals surface area (Å²) in [5.41, 5.74) is 3.16. The molecule has 0 radical (unpaired) electrons. The molecule has 0 spiro atoms. The highest BCUT2D eigenvalue weighted by molar-refractivity contribution is 6.07. The maximum Gasteiger partial charge on any atom is 0.336 e. The third kappa shape index (κ3) is 3.42. The second kappa shape index (κ2) is 7.38. The number of imide groups is 1. The van der Waals surface area contributed by atoms with E-state index in [1.54, 1.807) is 6.92 Å². The maximum absolute atomic E-state index is 13.3. The zero-order chi connectivity index (χ0) is 22.5. The van der Waals surface area contributed by atoms with Crippen LogP contribution in [-0.2, 0) is 16.9 Å². The predicted molar refractivity (Wildman–Crippen MR) is 119 cm³/mol. The van der Waals surface area contributed by atoms with Gasteiger partial charge in [-0.15, -0.1) is 0 Å². The Morgan fingerprint density at radius 2 is 1.71 bits per heavy atom. The van der Waals surface area contributed by atoms with Gasteiger partial charge < -0.3 is 9.73 Å². The Labute approximate surface area is 180 Å². The molecule has 2 heterocycles. The fourth-order valence-corrected chi connectivity index (χ4v) is 4.06. The molecule has 2 aromatic carbocycles. The van der Waals surface area contributed by atoms with Crippen LogP contribution in [0.5, 0.6) is 0 Å². The van der Waals surface area contributed by atoms with E-state index in [9.17, 15) is 14.4 Å². The molecule has 6 nitrogen and oxygen atoms in total. The minimum Gasteiger partial charge on any atom is -0.422 e. The van der Waals surface area contributed by atoms with Crippen LogP contribution in [0, 0.1) is 13.8 Å². The molecule has 1 N–H and O–H groups in total. The average Bonchev–Trinajstić information content (AvgIpc) is 2.95. The minimum absolute atomic E-state index is 0.00502. The first kappa shape index (κ1) is 20.8. The summed E-state index contributed by atoms with van der Waals surface area (Å²) in [7, 11) is 0. The molecular formula is C25H26N2O4. The second-order valence-electron chi connectivity index (χ2n) is 8.70. The Bertz CT molecular complexity index is 1260. The van der Waals surface area contributed by atoms with Crippen molar-refractivity contribution in [1.82, 2.24) is 10.2 Å². The quantitative estimate of drug-likeness (QED) is 0.500. The molecule has 0 aliphatic carbocycles. The second-order valence-corrected chi connectivity index (χ2v) is 8.70. The molecule has 6 heteroatoms. The zero-order valence-corrected chi connectivity index (χ0v) is 18.4. The number of carbonyl (C=O) groups excluding carboxylic acids is 2. The van der Waals surface area contributed by atoms with E-state index in [0.29, 0.717) is 17.1 Å². The van der Waals surface area contributed by atoms with Crippen LogP contribution in [0.1, 0.15) is 54.5 Å². The molecule has 1 aliphatic rings. The van der Waals surface area contributed by atoms with Crippen molar-refractivity contribution in [3.63, 3.8) is 0 Å². The first-order valence-electron chi connectivity index (χ1n) is 10.4. The summed E-state index contributed by atoms with van der Waals surface area (Å²) in [6.45, 7) is 9.73. The molecule has 1 atom stereocenters. The predicted octanol–water partition coefficient (Wildman–Crippen LogP) is 4.50. The van der Waals surface area contributed by atoms with E-state index < -0.39 is 17.2 Å². The van der Waals surface area contributed by atoms with Crippen molar-refractivity contribution in [2.24, 2.45) is 0 Å². The fraction of sp³-hybridized carbons (Fsp3) is 0.320. The van der Waals surface area contributed by atoms with Crippen molar-refractivity contribution in [2.45, 2.75) is 52.6 Å². The van der Waals surface area contributed by atoms with Crippen molar-refractivity contribution < 1.29 is 14.0 Å². The summed E-state index contributed by atoms with van der Waals surface area (Å²) >= 11 is 0. The topological polar surface area (TPSA) is 79.6 Å². The molecule has 1 saturated heterocycles. The van der Waals surface area contributed by atoms with Gasteiger partial charge in [-0.1, -0.05) is 50.2 Å². The van der Waals surface area contributed by atoms with E-state index in [0.717, 1.165) is 27.6 Å². The summed E-state index contributed by atoms with van der Waals surface area (Å²) in [6.07, 6.45) is 0. The zero-order valence-electron chi connectivity index (χ0n) is 18.4. The Morgan fingerprint density at radius 3 is 2.35 bits per heavy atom. The van der Waals surface area contributed by atoms with Gasteiger partial charge in [0, 0.05) is 11.5 Å². The molecule has 1 aromatic heterocycles. The van der Waals surface area contributed by atoms with Crippen LogP contribution in [0.4, 0.5) is 4.79 Å². The molecule has 31 heavy (non-hydrogen) atoms.